The third-order valence-corrected chi connectivity index (χ3v) is 7.08. The van der Waals surface area contributed by atoms with Crippen molar-refractivity contribution >= 4 is 17.6 Å². The zero-order valence-corrected chi connectivity index (χ0v) is 21.3. The van der Waals surface area contributed by atoms with Crippen LogP contribution in [-0.4, -0.2) is 42.0 Å². The number of hydrogen-bond donors (Lipinski definition) is 1. The Morgan fingerprint density at radius 2 is 1.69 bits per heavy atom. The van der Waals surface area contributed by atoms with Crippen molar-refractivity contribution in [2.45, 2.75) is 71.9 Å². The summed E-state index contributed by atoms with van der Waals surface area (Å²) in [4.78, 5) is 26.9. The average molecular weight is 477 g/mol. The van der Waals surface area contributed by atoms with Gasteiger partial charge in [0.25, 0.3) is 5.91 Å². The Morgan fingerprint density at radius 1 is 1.06 bits per heavy atom. The van der Waals surface area contributed by atoms with Gasteiger partial charge in [0.1, 0.15) is 6.61 Å². The number of quaternary nitrogens is 1. The van der Waals surface area contributed by atoms with Crippen molar-refractivity contribution in [3.05, 3.63) is 64.7 Å². The molecule has 1 aliphatic heterocycles. The summed E-state index contributed by atoms with van der Waals surface area (Å²) < 4.78 is 6.12. The smallest absolute Gasteiger partial charge is 0.362 e. The predicted octanol–water partition coefficient (Wildman–Crippen LogP) is 5.42. The van der Waals surface area contributed by atoms with Crippen LogP contribution < -0.4 is 5.32 Å². The number of carbonyl (C=O) groups excluding carboxylic acids is 2. The lowest BCUT2D eigenvalue weighted by Crippen LogP contribution is -2.62. The summed E-state index contributed by atoms with van der Waals surface area (Å²) in [6.07, 6.45) is 5.78. The van der Waals surface area contributed by atoms with E-state index in [-0.39, 0.29) is 31.1 Å². The highest BCUT2D eigenvalue weighted by molar-refractivity contribution is 5.95. The van der Waals surface area contributed by atoms with Crippen LogP contribution in [0.1, 0.15) is 67.7 Å². The molecule has 1 aliphatic rings. The highest BCUT2D eigenvalue weighted by Gasteiger charge is 2.43. The zero-order valence-electron chi connectivity index (χ0n) is 21.3. The molecule has 0 aromatic heterocycles. The summed E-state index contributed by atoms with van der Waals surface area (Å²) in [5, 5.41) is 12.4. The summed E-state index contributed by atoms with van der Waals surface area (Å²) in [7, 11) is 0. The van der Waals surface area contributed by atoms with E-state index in [9.17, 15) is 14.9 Å². The Balaban J connectivity index is 1.84. The van der Waals surface area contributed by atoms with Crippen molar-refractivity contribution in [3.8, 4) is 6.07 Å². The van der Waals surface area contributed by atoms with Crippen LogP contribution in [0.15, 0.2) is 42.5 Å². The van der Waals surface area contributed by atoms with Crippen LogP contribution >= 0.6 is 0 Å². The lowest BCUT2D eigenvalue weighted by Gasteiger charge is -2.42. The van der Waals surface area contributed by atoms with Crippen molar-refractivity contribution in [3.63, 3.8) is 0 Å². The van der Waals surface area contributed by atoms with E-state index in [4.69, 9.17) is 4.74 Å². The third kappa shape index (κ3) is 6.93. The molecule has 1 unspecified atom stereocenters. The fourth-order valence-electron chi connectivity index (χ4n) is 5.30. The molecule has 6 heteroatoms. The molecule has 3 rings (SSSR count). The largest absolute Gasteiger partial charge is 0.457 e. The molecule has 0 bridgehead atoms. The van der Waals surface area contributed by atoms with Gasteiger partial charge in [-0.2, -0.15) is 5.26 Å². The number of esters is 1. The van der Waals surface area contributed by atoms with E-state index in [2.05, 4.69) is 18.3 Å². The molecule has 0 saturated carbocycles. The Hall–Kier alpha value is -3.17. The molecular formula is C29H38N3O3+. The third-order valence-electron chi connectivity index (χ3n) is 7.08. The van der Waals surface area contributed by atoms with Crippen LogP contribution in [0.5, 0.6) is 0 Å². The SMILES string of the molecule is CCCC(C(=O)Nc1c(C)cc(C#N)cc1C)[N+]1(CC(=O)OCc2ccccc2)CCCCCC1. The zero-order chi connectivity index (χ0) is 25.3. The van der Waals surface area contributed by atoms with Gasteiger partial charge in [0.05, 0.1) is 24.7 Å². The highest BCUT2D eigenvalue weighted by atomic mass is 16.5. The lowest BCUT2D eigenvalue weighted by molar-refractivity contribution is -0.935. The molecule has 0 spiro atoms. The van der Waals surface area contributed by atoms with E-state index in [0.717, 1.165) is 67.6 Å². The van der Waals surface area contributed by atoms with Crippen molar-refractivity contribution < 1.29 is 18.8 Å². The molecular weight excluding hydrogens is 438 g/mol. The minimum Gasteiger partial charge on any atom is -0.457 e. The number of amides is 1. The summed E-state index contributed by atoms with van der Waals surface area (Å²) in [6, 6.07) is 15.1. The number of nitriles is 1. The van der Waals surface area contributed by atoms with E-state index < -0.39 is 0 Å². The summed E-state index contributed by atoms with van der Waals surface area (Å²) >= 11 is 0. The normalized spacial score (nSPS) is 15.9. The van der Waals surface area contributed by atoms with Crippen LogP contribution in [-0.2, 0) is 20.9 Å². The van der Waals surface area contributed by atoms with Crippen LogP contribution in [0.2, 0.25) is 0 Å². The van der Waals surface area contributed by atoms with Crippen LogP contribution in [0.25, 0.3) is 0 Å². The number of nitrogens with one attached hydrogen (secondary N) is 1. The second kappa shape index (κ2) is 12.5. The van der Waals surface area contributed by atoms with Gasteiger partial charge in [-0.25, -0.2) is 4.79 Å². The number of nitrogens with zero attached hydrogens (tertiary/aromatic N) is 2. The maximum absolute atomic E-state index is 13.8. The van der Waals surface area contributed by atoms with E-state index >= 15 is 0 Å². The molecule has 1 atom stereocenters. The lowest BCUT2D eigenvalue weighted by atomic mass is 10.0. The number of rotatable bonds is 9. The fourth-order valence-corrected chi connectivity index (χ4v) is 5.30. The second-order valence-corrected chi connectivity index (χ2v) is 9.77. The van der Waals surface area contributed by atoms with Crippen LogP contribution in [0.3, 0.4) is 0 Å². The summed E-state index contributed by atoms with van der Waals surface area (Å²) in [5.41, 5.74) is 4.04. The quantitative estimate of drug-likeness (QED) is 0.387. The minimum absolute atomic E-state index is 0.0551. The van der Waals surface area contributed by atoms with Crippen molar-refractivity contribution in [1.29, 1.82) is 5.26 Å². The van der Waals surface area contributed by atoms with Gasteiger partial charge < -0.3 is 14.5 Å². The van der Waals surface area contributed by atoms with Gasteiger partial charge in [0, 0.05) is 12.1 Å². The number of aryl methyl sites for hydroxylation is 2. The number of anilines is 1. The van der Waals surface area contributed by atoms with E-state index in [0.29, 0.717) is 16.5 Å². The minimum atomic E-state index is -0.336. The first kappa shape index (κ1) is 26.4. The monoisotopic (exact) mass is 476 g/mol. The fraction of sp³-hybridized carbons (Fsp3) is 0.483. The van der Waals surface area contributed by atoms with Crippen molar-refractivity contribution in [2.24, 2.45) is 0 Å². The summed E-state index contributed by atoms with van der Waals surface area (Å²) in [5.74, 6) is -0.309. The first-order chi connectivity index (χ1) is 16.9. The number of ether oxygens (including phenoxy) is 1. The van der Waals surface area contributed by atoms with Crippen LogP contribution in [0, 0.1) is 25.2 Å². The van der Waals surface area contributed by atoms with E-state index in [1.807, 2.05) is 44.2 Å². The predicted molar refractivity (Wildman–Crippen MR) is 138 cm³/mol. The Kier molecular flexibility index (Phi) is 9.45. The van der Waals surface area contributed by atoms with Crippen molar-refractivity contribution in [2.75, 3.05) is 25.0 Å². The maximum atomic E-state index is 13.8. The van der Waals surface area contributed by atoms with Gasteiger partial charge in [-0.05, 0) is 74.8 Å². The summed E-state index contributed by atoms with van der Waals surface area (Å²) in [6.45, 7) is 7.95. The second-order valence-electron chi connectivity index (χ2n) is 9.77. The molecule has 35 heavy (non-hydrogen) atoms. The molecule has 0 aliphatic carbocycles. The Labute approximate surface area is 209 Å². The number of benzene rings is 2. The number of likely N-dealkylation sites (tertiary alicyclic amines) is 1. The Morgan fingerprint density at radius 3 is 2.26 bits per heavy atom. The molecule has 1 saturated heterocycles. The molecule has 0 radical (unpaired) electrons. The van der Waals surface area contributed by atoms with Gasteiger partial charge in [-0.1, -0.05) is 37.3 Å². The maximum Gasteiger partial charge on any atom is 0.362 e. The molecule has 2 aromatic carbocycles. The Bertz CT molecular complexity index is 1030. The average Bonchev–Trinajstić information content (AvgIpc) is 3.09. The molecule has 186 valence electrons. The number of hydrogen-bond acceptors (Lipinski definition) is 4. The van der Waals surface area contributed by atoms with Gasteiger partial charge in [0.2, 0.25) is 0 Å². The standard InChI is InChI=1S/C29H37N3O3/c1-4-12-26(29(34)31-28-22(2)17-25(19-30)18-23(28)3)32(15-10-5-6-11-16-32)20-27(33)35-21-24-13-8-7-9-14-24/h7-9,13-14,17-18,26H,4-6,10-12,15-16,20-21H2,1-3H3/p+1. The molecule has 1 N–H and O–H groups in total. The van der Waals surface area contributed by atoms with E-state index in [1.54, 1.807) is 12.1 Å². The van der Waals surface area contributed by atoms with Gasteiger partial charge in [-0.3, -0.25) is 4.79 Å². The first-order valence-electron chi connectivity index (χ1n) is 12.8. The van der Waals surface area contributed by atoms with Gasteiger partial charge in [-0.15, -0.1) is 0 Å². The molecule has 6 nitrogen and oxygen atoms in total. The topological polar surface area (TPSA) is 79.2 Å². The highest BCUT2D eigenvalue weighted by Crippen LogP contribution is 2.28. The van der Waals surface area contributed by atoms with Gasteiger partial charge >= 0.3 is 5.97 Å². The molecule has 1 fully saturated rings. The molecule has 2 aromatic rings. The number of carbonyl (C=O) groups is 2. The first-order valence-corrected chi connectivity index (χ1v) is 12.8. The van der Waals surface area contributed by atoms with Crippen LogP contribution in [0.4, 0.5) is 5.69 Å². The van der Waals surface area contributed by atoms with Gasteiger partial charge in [0.15, 0.2) is 12.6 Å². The van der Waals surface area contributed by atoms with Crippen molar-refractivity contribution in [1.82, 2.24) is 0 Å². The molecule has 1 amide bonds. The van der Waals surface area contributed by atoms with E-state index in [1.165, 1.54) is 0 Å². The molecule has 1 heterocycles.